The Kier molecular flexibility index (Phi) is 15.7. The maximum absolute atomic E-state index is 14.0. The third kappa shape index (κ3) is 13.9. The lowest BCUT2D eigenvalue weighted by molar-refractivity contribution is -0.605. The lowest BCUT2D eigenvalue weighted by atomic mass is 10.0. The summed E-state index contributed by atoms with van der Waals surface area (Å²) in [6.45, 7) is 4.71. The number of ether oxygens (including phenoxy) is 6. The van der Waals surface area contributed by atoms with E-state index in [2.05, 4.69) is 4.90 Å². The zero-order valence-corrected chi connectivity index (χ0v) is 34.0. The van der Waals surface area contributed by atoms with Crippen LogP contribution in [0.2, 0.25) is 10.0 Å². The number of hydrogen-bond donors (Lipinski definition) is 1. The molecule has 5 rings (SSSR count). The molecule has 312 valence electrons. The van der Waals surface area contributed by atoms with Crippen LogP contribution in [0.3, 0.4) is 0 Å². The largest absolute Gasteiger partial charge is 0.619 e. The van der Waals surface area contributed by atoms with E-state index in [0.717, 1.165) is 42.6 Å². The molecule has 0 radical (unpaired) electrons. The van der Waals surface area contributed by atoms with Crippen LogP contribution in [0, 0.1) is 11.1 Å². The Morgan fingerprint density at radius 3 is 2.37 bits per heavy atom. The molecule has 1 aromatic heterocycles. The monoisotopic (exact) mass is 859 g/mol. The Balaban J connectivity index is 1.46. The summed E-state index contributed by atoms with van der Waals surface area (Å²) in [6, 6.07) is 8.53. The van der Waals surface area contributed by atoms with E-state index in [4.69, 9.17) is 51.6 Å². The van der Waals surface area contributed by atoms with Crippen molar-refractivity contribution in [1.82, 2.24) is 9.21 Å². The quantitative estimate of drug-likeness (QED) is 0.0635. The number of aromatic nitrogens is 1. The number of hydrogen-bond acceptors (Lipinski definition) is 11. The second kappa shape index (κ2) is 20.2. The number of morpholine rings is 1. The Labute approximate surface area is 341 Å². The van der Waals surface area contributed by atoms with Crippen molar-refractivity contribution in [3.63, 3.8) is 0 Å². The van der Waals surface area contributed by atoms with Crippen LogP contribution >= 0.6 is 23.2 Å². The van der Waals surface area contributed by atoms with Gasteiger partial charge < -0.3 is 33.6 Å². The lowest BCUT2D eigenvalue weighted by Crippen LogP contribution is -2.38. The van der Waals surface area contributed by atoms with Crippen molar-refractivity contribution >= 4 is 46.4 Å². The Morgan fingerprint density at radius 1 is 1.05 bits per heavy atom. The fourth-order valence-corrected chi connectivity index (χ4v) is 6.88. The summed E-state index contributed by atoms with van der Waals surface area (Å²) >= 11 is 10.2. The van der Waals surface area contributed by atoms with Crippen LogP contribution in [-0.2, 0) is 43.2 Å². The molecule has 0 amide bonds. The molecule has 2 heterocycles. The summed E-state index contributed by atoms with van der Waals surface area (Å²) in [4.78, 5) is 28.9. The molecule has 1 aliphatic carbocycles. The first kappa shape index (κ1) is 44.3. The maximum Gasteiger partial charge on any atom is 0.387 e. The zero-order chi connectivity index (χ0) is 41.3. The molecule has 57 heavy (non-hydrogen) atoms. The second-order valence-electron chi connectivity index (χ2n) is 14.5. The minimum atomic E-state index is -3.13. The summed E-state index contributed by atoms with van der Waals surface area (Å²) in [5.74, 6) is -1.26. The number of esters is 2. The molecular formula is C38H45Cl2F2N3O11S. The number of rotatable bonds is 19. The highest BCUT2D eigenvalue weighted by Gasteiger charge is 2.28. The van der Waals surface area contributed by atoms with Crippen LogP contribution in [-0.4, -0.2) is 94.7 Å². The van der Waals surface area contributed by atoms with Gasteiger partial charge in [-0.15, -0.1) is 0 Å². The summed E-state index contributed by atoms with van der Waals surface area (Å²) in [5, 5.41) is 12.0. The van der Waals surface area contributed by atoms with Gasteiger partial charge in [0, 0.05) is 43.7 Å². The first-order chi connectivity index (χ1) is 27.0. The summed E-state index contributed by atoms with van der Waals surface area (Å²) in [7, 11) is 0. The van der Waals surface area contributed by atoms with Crippen LogP contribution in [0.5, 0.6) is 17.2 Å². The van der Waals surface area contributed by atoms with Gasteiger partial charge in [0.05, 0.1) is 25.4 Å². The molecule has 19 heteroatoms. The van der Waals surface area contributed by atoms with E-state index < -0.39 is 48.1 Å². The van der Waals surface area contributed by atoms with E-state index in [9.17, 15) is 32.3 Å². The Bertz CT molecular complexity index is 1870. The van der Waals surface area contributed by atoms with Gasteiger partial charge in [-0.1, -0.05) is 29.3 Å². The second-order valence-corrected chi connectivity index (χ2v) is 16.3. The van der Waals surface area contributed by atoms with Gasteiger partial charge in [0.15, 0.2) is 23.9 Å². The van der Waals surface area contributed by atoms with E-state index in [1.807, 2.05) is 0 Å². The maximum atomic E-state index is 14.0. The molecule has 2 aliphatic rings. The first-order valence-corrected chi connectivity index (χ1v) is 20.0. The summed E-state index contributed by atoms with van der Waals surface area (Å²) < 4.78 is 84.2. The van der Waals surface area contributed by atoms with E-state index >= 15 is 0 Å². The lowest BCUT2D eigenvalue weighted by Gasteiger charge is -2.27. The molecule has 2 fully saturated rings. The third-order valence-corrected chi connectivity index (χ3v) is 10.1. The van der Waals surface area contributed by atoms with Crippen molar-refractivity contribution in [1.29, 1.82) is 0 Å². The number of benzene rings is 2. The van der Waals surface area contributed by atoms with E-state index in [1.165, 1.54) is 36.4 Å². The minimum Gasteiger partial charge on any atom is -0.619 e. The van der Waals surface area contributed by atoms with Crippen molar-refractivity contribution in [2.45, 2.75) is 64.9 Å². The number of nitrogens with zero attached hydrogens (tertiary/aromatic N) is 3. The van der Waals surface area contributed by atoms with Gasteiger partial charge in [0.1, 0.15) is 40.7 Å². The topological polar surface area (TPSA) is 160 Å². The summed E-state index contributed by atoms with van der Waals surface area (Å²) in [5.41, 5.74) is 0.0151. The molecule has 14 nitrogen and oxygen atoms in total. The molecule has 2 aromatic carbocycles. The average molecular weight is 861 g/mol. The van der Waals surface area contributed by atoms with Crippen molar-refractivity contribution in [3.05, 3.63) is 86.3 Å². The van der Waals surface area contributed by atoms with Crippen LogP contribution in [0.1, 0.15) is 66.8 Å². The van der Waals surface area contributed by atoms with Gasteiger partial charge in [-0.05, 0) is 75.4 Å². The van der Waals surface area contributed by atoms with E-state index in [0.29, 0.717) is 30.1 Å². The van der Waals surface area contributed by atoms with E-state index in [1.54, 1.807) is 20.8 Å². The third-order valence-electron chi connectivity index (χ3n) is 8.78. The highest BCUT2D eigenvalue weighted by Crippen LogP contribution is 2.38. The van der Waals surface area contributed by atoms with Crippen LogP contribution in [0.15, 0.2) is 48.8 Å². The molecular weight excluding hydrogens is 815 g/mol. The van der Waals surface area contributed by atoms with Crippen molar-refractivity contribution in [2.24, 2.45) is 5.92 Å². The van der Waals surface area contributed by atoms with Crippen molar-refractivity contribution < 1.29 is 60.3 Å². The van der Waals surface area contributed by atoms with Gasteiger partial charge in [-0.3, -0.25) is 14.2 Å². The Hall–Kier alpha value is -3.84. The molecule has 1 saturated carbocycles. The van der Waals surface area contributed by atoms with Gasteiger partial charge in [-0.2, -0.15) is 17.8 Å². The zero-order valence-electron chi connectivity index (χ0n) is 31.6. The van der Waals surface area contributed by atoms with Crippen molar-refractivity contribution in [3.8, 4) is 17.2 Å². The number of alkyl halides is 2. The fourth-order valence-electron chi connectivity index (χ4n) is 5.81. The molecule has 0 bridgehead atoms. The van der Waals surface area contributed by atoms with Crippen LogP contribution in [0.4, 0.5) is 8.78 Å². The normalized spacial score (nSPS) is 16.0. The molecule has 0 spiro atoms. The predicted octanol–water partition coefficient (Wildman–Crippen LogP) is 6.15. The highest BCUT2D eigenvalue weighted by molar-refractivity contribution is 7.76. The number of carbonyl (C=O) groups is 2. The van der Waals surface area contributed by atoms with Gasteiger partial charge in [0.2, 0.25) is 11.3 Å². The molecule has 2 atom stereocenters. The van der Waals surface area contributed by atoms with E-state index in [-0.39, 0.29) is 76.1 Å². The van der Waals surface area contributed by atoms with Gasteiger partial charge in [0.25, 0.3) is 0 Å². The number of halogens is 4. The Morgan fingerprint density at radius 2 is 1.74 bits per heavy atom. The number of pyridine rings is 1. The molecule has 1 aliphatic heterocycles. The highest BCUT2D eigenvalue weighted by atomic mass is 35.5. The van der Waals surface area contributed by atoms with Crippen LogP contribution in [0.25, 0.3) is 0 Å². The molecule has 1 unspecified atom stereocenters. The standard InChI is InChI=1S/C38H45Cl2F2N3O11S/c1-38(2,3)56-35(46)22-45(57(49)50)19-27-16-26(7-8-31(27)52-15-12-43-10-13-51-14-11-43)36(47)54-33(18-28-29(39)20-44(48)21-30(28)40)25-6-9-32(55-37(41)42)34(17-25)53-23-24-4-5-24/h6-9,16-17,20-21,24,33,37H,4-5,10-15,18-19,22-23H2,1-3H3,(H,49,50)/t33-/m0/s1. The number of carbonyl (C=O) groups excluding carboxylic acids is 2. The molecule has 1 N–H and O–H groups in total. The SMILES string of the molecule is CC(C)(C)OC(=O)CN(Cc1cc(C(=O)O[C@@H](Cc2c(Cl)c[n+]([O-])cc2Cl)c2ccc(OC(F)F)c(OCC3CC3)c2)ccc1OCCN1CCOCC1)S(=O)O. The average Bonchev–Trinajstić information content (AvgIpc) is 3.96. The minimum absolute atomic E-state index is 0.00184. The van der Waals surface area contributed by atoms with Crippen molar-refractivity contribution in [2.75, 3.05) is 52.6 Å². The van der Waals surface area contributed by atoms with Crippen LogP contribution < -0.4 is 18.9 Å². The molecule has 3 aromatic rings. The van der Waals surface area contributed by atoms with Gasteiger partial charge in [-0.25, -0.2) is 9.00 Å². The van der Waals surface area contributed by atoms with Gasteiger partial charge >= 0.3 is 18.6 Å². The summed E-state index contributed by atoms with van der Waals surface area (Å²) in [6.07, 6.45) is 2.72. The predicted molar refractivity (Wildman–Crippen MR) is 205 cm³/mol. The fraction of sp³-hybridized carbons (Fsp3) is 0.500. The molecule has 1 saturated heterocycles. The smallest absolute Gasteiger partial charge is 0.387 e. The first-order valence-electron chi connectivity index (χ1n) is 18.2.